The van der Waals surface area contributed by atoms with E-state index in [9.17, 15) is 0 Å². The van der Waals surface area contributed by atoms with Crippen molar-refractivity contribution < 1.29 is 0 Å². The van der Waals surface area contributed by atoms with Crippen LogP contribution >= 0.6 is 11.3 Å². The number of aromatic nitrogens is 3. The highest BCUT2D eigenvalue weighted by molar-refractivity contribution is 7.25. The van der Waals surface area contributed by atoms with E-state index in [-0.39, 0.29) is 0 Å². The van der Waals surface area contributed by atoms with Crippen LogP contribution in [0.25, 0.3) is 87.7 Å². The summed E-state index contributed by atoms with van der Waals surface area (Å²) >= 11 is 1.84. The Labute approximate surface area is 288 Å². The number of hydrogen-bond donors (Lipinski definition) is 0. The van der Waals surface area contributed by atoms with Gasteiger partial charge >= 0.3 is 0 Å². The van der Waals surface area contributed by atoms with Gasteiger partial charge in [-0.2, -0.15) is 0 Å². The molecule has 0 N–H and O–H groups in total. The van der Waals surface area contributed by atoms with Gasteiger partial charge in [0.1, 0.15) is 0 Å². The van der Waals surface area contributed by atoms with E-state index >= 15 is 0 Å². The fourth-order valence-corrected chi connectivity index (χ4v) is 7.54. The van der Waals surface area contributed by atoms with Gasteiger partial charge in [0.15, 0.2) is 17.5 Å². The highest BCUT2D eigenvalue weighted by atomic mass is 32.1. The van der Waals surface area contributed by atoms with Crippen LogP contribution in [0.15, 0.2) is 176 Å². The predicted molar refractivity (Wildman–Crippen MR) is 205 cm³/mol. The quantitative estimate of drug-likeness (QED) is 0.181. The molecule has 0 aliphatic carbocycles. The molecular formula is C45H29N3S. The van der Waals surface area contributed by atoms with Crippen LogP contribution in [0.4, 0.5) is 0 Å². The van der Waals surface area contributed by atoms with E-state index in [1.54, 1.807) is 0 Å². The predicted octanol–water partition coefficient (Wildman–Crippen LogP) is 12.2. The number of benzene rings is 7. The van der Waals surface area contributed by atoms with E-state index in [0.717, 1.165) is 38.9 Å². The van der Waals surface area contributed by atoms with E-state index in [4.69, 9.17) is 15.0 Å². The number of fused-ring (bicyclic) bond motifs is 3. The number of nitrogens with zero attached hydrogens (tertiary/aromatic N) is 3. The zero-order valence-electron chi connectivity index (χ0n) is 26.5. The lowest BCUT2D eigenvalue weighted by molar-refractivity contribution is 1.07. The molecule has 0 aliphatic heterocycles. The number of rotatable bonds is 6. The lowest BCUT2D eigenvalue weighted by Crippen LogP contribution is -2.00. The Morgan fingerprint density at radius 1 is 0.265 bits per heavy atom. The Morgan fingerprint density at radius 3 is 1.33 bits per heavy atom. The van der Waals surface area contributed by atoms with Gasteiger partial charge in [-0.3, -0.25) is 0 Å². The maximum Gasteiger partial charge on any atom is 0.164 e. The molecule has 9 aromatic rings. The summed E-state index contributed by atoms with van der Waals surface area (Å²) in [5.41, 5.74) is 9.78. The molecule has 0 unspecified atom stereocenters. The summed E-state index contributed by atoms with van der Waals surface area (Å²) in [5, 5.41) is 2.62. The summed E-state index contributed by atoms with van der Waals surface area (Å²) < 4.78 is 2.61. The van der Waals surface area contributed by atoms with E-state index in [1.807, 2.05) is 23.5 Å². The van der Waals surface area contributed by atoms with Crippen molar-refractivity contribution in [3.63, 3.8) is 0 Å². The summed E-state index contributed by atoms with van der Waals surface area (Å²) in [7, 11) is 0. The first-order valence-corrected chi connectivity index (χ1v) is 17.2. The second-order valence-electron chi connectivity index (χ2n) is 12.1. The molecule has 0 saturated carbocycles. The summed E-state index contributed by atoms with van der Waals surface area (Å²) in [6.07, 6.45) is 0. The molecule has 0 saturated heterocycles. The van der Waals surface area contributed by atoms with Gasteiger partial charge in [-0.25, -0.2) is 15.0 Å². The molecule has 9 rings (SSSR count). The first-order valence-electron chi connectivity index (χ1n) is 16.4. The molecule has 230 valence electrons. The number of thiophene rings is 1. The average molecular weight is 644 g/mol. The molecule has 0 fully saturated rings. The van der Waals surface area contributed by atoms with Crippen molar-refractivity contribution in [2.75, 3.05) is 0 Å². The van der Waals surface area contributed by atoms with E-state index in [0.29, 0.717) is 17.5 Å². The Hall–Kier alpha value is -6.23. The van der Waals surface area contributed by atoms with Crippen molar-refractivity contribution in [1.29, 1.82) is 0 Å². The van der Waals surface area contributed by atoms with Crippen LogP contribution < -0.4 is 0 Å². The van der Waals surface area contributed by atoms with Crippen LogP contribution in [0, 0.1) is 0 Å². The maximum absolute atomic E-state index is 5.05. The molecule has 0 amide bonds. The van der Waals surface area contributed by atoms with Crippen molar-refractivity contribution in [3.05, 3.63) is 176 Å². The van der Waals surface area contributed by atoms with Gasteiger partial charge in [-0.1, -0.05) is 158 Å². The zero-order chi connectivity index (χ0) is 32.6. The smallest absolute Gasteiger partial charge is 0.164 e. The lowest BCUT2D eigenvalue weighted by atomic mass is 10.0. The fraction of sp³-hybridized carbons (Fsp3) is 0. The van der Waals surface area contributed by atoms with Gasteiger partial charge in [-0.05, 0) is 51.6 Å². The van der Waals surface area contributed by atoms with Gasteiger partial charge in [-0.15, -0.1) is 11.3 Å². The molecule has 3 nitrogen and oxygen atoms in total. The Kier molecular flexibility index (Phi) is 7.34. The Morgan fingerprint density at radius 2 is 0.673 bits per heavy atom. The minimum Gasteiger partial charge on any atom is -0.208 e. The van der Waals surface area contributed by atoms with Gasteiger partial charge in [0.25, 0.3) is 0 Å². The summed E-state index contributed by atoms with van der Waals surface area (Å²) in [6.45, 7) is 0. The van der Waals surface area contributed by atoms with E-state index in [2.05, 4.69) is 164 Å². The van der Waals surface area contributed by atoms with Gasteiger partial charge in [0.05, 0.1) is 0 Å². The summed E-state index contributed by atoms with van der Waals surface area (Å²) in [5.74, 6) is 1.93. The van der Waals surface area contributed by atoms with Crippen LogP contribution in [0.1, 0.15) is 0 Å². The molecule has 0 aliphatic rings. The Balaban J connectivity index is 1.11. The monoisotopic (exact) mass is 643 g/mol. The summed E-state index contributed by atoms with van der Waals surface area (Å²) in [6, 6.07) is 61.6. The van der Waals surface area contributed by atoms with Crippen molar-refractivity contribution in [3.8, 4) is 67.5 Å². The first kappa shape index (κ1) is 29.0. The van der Waals surface area contributed by atoms with Crippen molar-refractivity contribution in [2.24, 2.45) is 0 Å². The van der Waals surface area contributed by atoms with Crippen molar-refractivity contribution in [1.82, 2.24) is 15.0 Å². The molecule has 4 heteroatoms. The minimum atomic E-state index is 0.642. The van der Waals surface area contributed by atoms with E-state index in [1.165, 1.54) is 31.3 Å². The molecular weight excluding hydrogens is 615 g/mol. The molecule has 0 bridgehead atoms. The second-order valence-corrected chi connectivity index (χ2v) is 13.2. The van der Waals surface area contributed by atoms with Crippen LogP contribution in [-0.2, 0) is 0 Å². The molecule has 2 heterocycles. The fourth-order valence-electron chi connectivity index (χ4n) is 6.39. The van der Waals surface area contributed by atoms with Crippen molar-refractivity contribution >= 4 is 31.5 Å². The van der Waals surface area contributed by atoms with Crippen LogP contribution in [0.5, 0.6) is 0 Å². The topological polar surface area (TPSA) is 38.7 Å². The molecule has 0 atom stereocenters. The normalized spacial score (nSPS) is 11.3. The van der Waals surface area contributed by atoms with E-state index < -0.39 is 0 Å². The number of hydrogen-bond acceptors (Lipinski definition) is 4. The third-order valence-corrected chi connectivity index (χ3v) is 10.1. The Bertz CT molecular complexity index is 2570. The molecule has 7 aromatic carbocycles. The van der Waals surface area contributed by atoms with Crippen molar-refractivity contribution in [2.45, 2.75) is 0 Å². The minimum absolute atomic E-state index is 0.642. The average Bonchev–Trinajstić information content (AvgIpc) is 3.57. The van der Waals surface area contributed by atoms with Gasteiger partial charge in [0.2, 0.25) is 0 Å². The SMILES string of the molecule is c1ccc(-c2ccc(-c3nc(-c4ccc(-c5ccc6c(c5)sc5ccccc56)cc4)nc(-c4cccc(-c5ccccc5)c4)n3)cc2)cc1. The van der Waals surface area contributed by atoms with Crippen LogP contribution in [-0.4, -0.2) is 15.0 Å². The third-order valence-electron chi connectivity index (χ3n) is 8.97. The van der Waals surface area contributed by atoms with Crippen LogP contribution in [0.3, 0.4) is 0 Å². The highest BCUT2D eigenvalue weighted by Crippen LogP contribution is 2.37. The van der Waals surface area contributed by atoms with Gasteiger partial charge < -0.3 is 0 Å². The second kappa shape index (κ2) is 12.4. The molecule has 2 aromatic heterocycles. The standard InChI is InChI=1S/C45H29N3S/c1-3-10-30(11-4-1)32-18-22-34(23-19-32)43-46-44(48-45(47-43)38-15-9-14-36(28-38)31-12-5-2-6-13-31)35-24-20-33(21-25-35)37-26-27-40-39-16-7-8-17-41(39)49-42(40)29-37/h1-29H. The van der Waals surface area contributed by atoms with Gasteiger partial charge in [0, 0.05) is 36.9 Å². The zero-order valence-corrected chi connectivity index (χ0v) is 27.3. The van der Waals surface area contributed by atoms with Crippen LogP contribution in [0.2, 0.25) is 0 Å². The largest absolute Gasteiger partial charge is 0.208 e. The molecule has 49 heavy (non-hydrogen) atoms. The third kappa shape index (κ3) is 5.69. The highest BCUT2D eigenvalue weighted by Gasteiger charge is 2.14. The first-order chi connectivity index (χ1) is 24.2. The molecule has 0 radical (unpaired) electrons. The lowest BCUT2D eigenvalue weighted by Gasteiger charge is -2.11. The molecule has 0 spiro atoms. The summed E-state index contributed by atoms with van der Waals surface area (Å²) in [4.78, 5) is 15.1. The maximum atomic E-state index is 5.05.